The van der Waals surface area contributed by atoms with Crippen LogP contribution >= 0.6 is 7.52 Å². The van der Waals surface area contributed by atoms with Crippen LogP contribution in [0.1, 0.15) is 18.1 Å². The van der Waals surface area contributed by atoms with E-state index in [0.29, 0.717) is 23.2 Å². The molecule has 1 aliphatic heterocycles. The average molecular weight is 452 g/mol. The number of benzene rings is 3. The predicted molar refractivity (Wildman–Crippen MR) is 121 cm³/mol. The lowest BCUT2D eigenvalue weighted by atomic mass is 9.95. The van der Waals surface area contributed by atoms with Crippen molar-refractivity contribution in [3.63, 3.8) is 0 Å². The van der Waals surface area contributed by atoms with E-state index >= 15 is 0 Å². The maximum Gasteiger partial charge on any atom is 0.303 e. The Bertz CT molecular complexity index is 1120. The van der Waals surface area contributed by atoms with E-state index in [1.54, 1.807) is 41.3 Å². The largest absolute Gasteiger partial charge is 0.457 e. The molecule has 0 aliphatic carbocycles. The van der Waals surface area contributed by atoms with E-state index < -0.39 is 19.5 Å². The van der Waals surface area contributed by atoms with Crippen LogP contribution in [0.5, 0.6) is 11.5 Å². The van der Waals surface area contributed by atoms with Crippen molar-refractivity contribution in [1.82, 2.24) is 10.2 Å². The molecule has 0 spiro atoms. The van der Waals surface area contributed by atoms with Crippen molar-refractivity contribution in [3.05, 3.63) is 90.0 Å². The highest BCUT2D eigenvalue weighted by molar-refractivity contribution is 7.64. The number of nitrogens with zero attached hydrogens (tertiary/aromatic N) is 1. The van der Waals surface area contributed by atoms with Crippen LogP contribution in [-0.2, 0) is 26.8 Å². The van der Waals surface area contributed by atoms with Crippen molar-refractivity contribution >= 4 is 18.7 Å². The molecule has 3 aromatic rings. The van der Waals surface area contributed by atoms with E-state index in [-0.39, 0.29) is 13.2 Å². The minimum absolute atomic E-state index is 0.200. The Morgan fingerprint density at radius 3 is 2.28 bits per heavy atom. The highest BCUT2D eigenvalue weighted by Gasteiger charge is 2.44. The topological polar surface area (TPSA) is 88.1 Å². The number of amides is 1. The smallest absolute Gasteiger partial charge is 0.303 e. The first-order valence-corrected chi connectivity index (χ1v) is 12.0. The average Bonchev–Trinajstić information content (AvgIpc) is 2.84. The van der Waals surface area contributed by atoms with Gasteiger partial charge in [-0.25, -0.2) is 10.2 Å². The summed E-state index contributed by atoms with van der Waals surface area (Å²) in [7, 11) is -3.62. The number of nitrogens with one attached hydrogen (secondary N) is 1. The molecule has 0 saturated heterocycles. The number of rotatable bonds is 7. The van der Waals surface area contributed by atoms with E-state index in [0.717, 1.165) is 11.1 Å². The summed E-state index contributed by atoms with van der Waals surface area (Å²) in [4.78, 5) is 12.5. The van der Waals surface area contributed by atoms with Gasteiger partial charge in [-0.15, -0.1) is 0 Å². The van der Waals surface area contributed by atoms with E-state index in [1.807, 2.05) is 54.6 Å². The lowest BCUT2D eigenvalue weighted by Crippen LogP contribution is -2.49. The molecule has 0 unspecified atom stereocenters. The molecule has 3 aromatic carbocycles. The summed E-state index contributed by atoms with van der Waals surface area (Å²) in [5.74, 6) is 0.667. The summed E-state index contributed by atoms with van der Waals surface area (Å²) < 4.78 is 27.5. The number of ether oxygens (including phenoxy) is 1. The van der Waals surface area contributed by atoms with Crippen LogP contribution in [0.3, 0.4) is 0 Å². The van der Waals surface area contributed by atoms with Gasteiger partial charge in [-0.3, -0.25) is 14.6 Å². The zero-order chi connectivity index (χ0) is 22.6. The van der Waals surface area contributed by atoms with Crippen LogP contribution in [0.15, 0.2) is 78.9 Å². The Hall–Kier alpha value is -2.96. The minimum atomic E-state index is -3.62. The lowest BCUT2D eigenvalue weighted by molar-refractivity contribution is -0.133. The number of fused-ring (bicyclic) bond motifs is 1. The summed E-state index contributed by atoms with van der Waals surface area (Å²) in [6.45, 7) is 2.22. The maximum atomic E-state index is 14.3. The Labute approximate surface area is 187 Å². The Morgan fingerprint density at radius 1 is 1.00 bits per heavy atom. The van der Waals surface area contributed by atoms with Crippen LogP contribution in [0.25, 0.3) is 0 Å². The second-order valence-electron chi connectivity index (χ2n) is 7.41. The van der Waals surface area contributed by atoms with Crippen molar-refractivity contribution in [3.8, 4) is 11.5 Å². The fraction of sp³-hybridized carbons (Fsp3) is 0.208. The first kappa shape index (κ1) is 22.2. The van der Waals surface area contributed by atoms with Crippen molar-refractivity contribution < 1.29 is 23.8 Å². The number of carbonyl (C=O) groups excluding carboxylic acids is 1. The van der Waals surface area contributed by atoms with Gasteiger partial charge in [-0.1, -0.05) is 42.5 Å². The molecule has 1 aliphatic rings. The van der Waals surface area contributed by atoms with Crippen LogP contribution < -0.4 is 15.5 Å². The van der Waals surface area contributed by atoms with Crippen molar-refractivity contribution in [1.29, 1.82) is 0 Å². The Morgan fingerprint density at radius 2 is 1.62 bits per heavy atom. The van der Waals surface area contributed by atoms with Gasteiger partial charge in [0.15, 0.2) is 0 Å². The van der Waals surface area contributed by atoms with Gasteiger partial charge in [0.1, 0.15) is 17.5 Å². The molecule has 0 radical (unpaired) electrons. The molecule has 7 nitrogen and oxygen atoms in total. The van der Waals surface area contributed by atoms with Gasteiger partial charge in [0, 0.05) is 6.54 Å². The molecule has 0 aromatic heterocycles. The molecular weight excluding hydrogens is 427 g/mol. The summed E-state index contributed by atoms with van der Waals surface area (Å²) in [6, 6.07) is 23.1. The number of carbonyl (C=O) groups is 1. The van der Waals surface area contributed by atoms with Gasteiger partial charge >= 0.3 is 7.52 Å². The van der Waals surface area contributed by atoms with Crippen molar-refractivity contribution in [2.24, 2.45) is 0 Å². The first-order valence-electron chi connectivity index (χ1n) is 10.4. The van der Waals surface area contributed by atoms with E-state index in [1.165, 1.54) is 0 Å². The number of hydrogen-bond acceptors (Lipinski definition) is 5. The molecule has 1 heterocycles. The third-order valence-corrected chi connectivity index (χ3v) is 8.08. The van der Waals surface area contributed by atoms with Crippen LogP contribution in [0, 0.1) is 0 Å². The molecule has 0 saturated carbocycles. The zero-order valence-electron chi connectivity index (χ0n) is 17.7. The highest BCUT2D eigenvalue weighted by Crippen LogP contribution is 2.53. The Kier molecular flexibility index (Phi) is 6.72. The molecule has 2 atom stereocenters. The number of hydroxylamine groups is 1. The first-order chi connectivity index (χ1) is 15.5. The van der Waals surface area contributed by atoms with E-state index in [2.05, 4.69) is 0 Å². The summed E-state index contributed by atoms with van der Waals surface area (Å²) in [5, 5.41) is 9.78. The summed E-state index contributed by atoms with van der Waals surface area (Å²) in [6.07, 6.45) is 0.314. The van der Waals surface area contributed by atoms with Crippen molar-refractivity contribution in [2.75, 3.05) is 6.61 Å². The SMILES string of the molecule is CCO[P@@](=O)(c1ccc(Oc2ccccc2)cc1)N1Cc2ccccc2C[C@@H]1C(=O)NO. The van der Waals surface area contributed by atoms with Gasteiger partial charge in [-0.2, -0.15) is 0 Å². The third-order valence-electron chi connectivity index (χ3n) is 5.42. The molecule has 4 rings (SSSR count). The van der Waals surface area contributed by atoms with Gasteiger partial charge in [0.25, 0.3) is 5.91 Å². The fourth-order valence-electron chi connectivity index (χ4n) is 3.89. The van der Waals surface area contributed by atoms with Gasteiger partial charge < -0.3 is 9.26 Å². The second kappa shape index (κ2) is 9.67. The molecule has 166 valence electrons. The van der Waals surface area contributed by atoms with E-state index in [9.17, 15) is 14.6 Å². The summed E-state index contributed by atoms with van der Waals surface area (Å²) >= 11 is 0. The second-order valence-corrected chi connectivity index (χ2v) is 9.74. The monoisotopic (exact) mass is 452 g/mol. The van der Waals surface area contributed by atoms with Crippen molar-refractivity contribution in [2.45, 2.75) is 25.9 Å². The molecule has 8 heteroatoms. The van der Waals surface area contributed by atoms with Gasteiger partial charge in [-0.05, 0) is 60.9 Å². The third kappa shape index (κ3) is 4.47. The van der Waals surface area contributed by atoms with Gasteiger partial charge in [0.05, 0.1) is 11.9 Å². The molecule has 0 bridgehead atoms. The standard InChI is InChI=1S/C24H25N2O5P/c1-2-30-32(29,22-14-12-21(13-15-22)31-20-10-4-3-5-11-20)26-17-19-9-7-6-8-18(19)16-23(26)24(27)25-28/h3-15,23,28H,2,16-17H2,1H3,(H,25,27)/t23-,32+/m1/s1. The molecule has 2 N–H and O–H groups in total. The van der Waals surface area contributed by atoms with Crippen LogP contribution in [0.2, 0.25) is 0 Å². The molecule has 0 fully saturated rings. The molecule has 32 heavy (non-hydrogen) atoms. The normalized spacial score (nSPS) is 17.8. The van der Waals surface area contributed by atoms with E-state index in [4.69, 9.17) is 9.26 Å². The predicted octanol–water partition coefficient (Wildman–Crippen LogP) is 4.27. The zero-order valence-corrected chi connectivity index (χ0v) is 18.6. The van der Waals surface area contributed by atoms with Crippen LogP contribution in [-0.4, -0.2) is 28.4 Å². The minimum Gasteiger partial charge on any atom is -0.457 e. The van der Waals surface area contributed by atoms with Gasteiger partial charge in [0.2, 0.25) is 0 Å². The number of para-hydroxylation sites is 1. The highest BCUT2D eigenvalue weighted by atomic mass is 31.2. The Balaban J connectivity index is 1.68. The fourth-order valence-corrected chi connectivity index (χ4v) is 6.25. The molecular formula is C24H25N2O5P. The van der Waals surface area contributed by atoms with Crippen LogP contribution in [0.4, 0.5) is 0 Å². The number of hydrogen-bond donors (Lipinski definition) is 2. The molecule has 1 amide bonds. The quantitative estimate of drug-likeness (QED) is 0.316. The lowest BCUT2D eigenvalue weighted by Gasteiger charge is -2.39. The summed E-state index contributed by atoms with van der Waals surface area (Å²) in [5.41, 5.74) is 3.67. The maximum absolute atomic E-state index is 14.3.